The predicted octanol–water partition coefficient (Wildman–Crippen LogP) is 3.59. The first-order chi connectivity index (χ1) is 14.2. The van der Waals surface area contributed by atoms with E-state index in [1.54, 1.807) is 12.4 Å². The summed E-state index contributed by atoms with van der Waals surface area (Å²) in [6.07, 6.45) is 6.29. The number of piperazine rings is 1. The average molecular weight is 405 g/mol. The molecule has 3 aromatic rings. The van der Waals surface area contributed by atoms with Crippen LogP contribution < -0.4 is 4.90 Å². The summed E-state index contributed by atoms with van der Waals surface area (Å²) in [5.74, 6) is 1.32. The average Bonchev–Trinajstić information content (AvgIpc) is 3.40. The molecule has 8 heteroatoms. The summed E-state index contributed by atoms with van der Waals surface area (Å²) in [6.45, 7) is 2.35. The Hall–Kier alpha value is -3.37. The van der Waals surface area contributed by atoms with E-state index in [4.69, 9.17) is 16.1 Å². The maximum Gasteiger partial charge on any atom is 0.183 e. The molecule has 1 saturated heterocycles. The number of hydrogen-bond donors (Lipinski definition) is 0. The standard InChI is InChI=1S/C21H17ClN6O/c22-16-4-2-1-3-15(16)20-11-17(26-29-20)19-6-5-14-13-27(9-10-28(14)19)21-18(12-23)24-7-8-25-21/h1-4,6-8,11,14H,5,9-10,13H2. The second-order valence-electron chi connectivity index (χ2n) is 7.01. The van der Waals surface area contributed by atoms with E-state index in [2.05, 4.69) is 37.1 Å². The molecule has 0 amide bonds. The van der Waals surface area contributed by atoms with Gasteiger partial charge in [0.1, 0.15) is 11.8 Å². The number of aromatic nitrogens is 3. The molecule has 144 valence electrons. The lowest BCUT2D eigenvalue weighted by Crippen LogP contribution is -2.50. The van der Waals surface area contributed by atoms with Gasteiger partial charge in [-0.15, -0.1) is 0 Å². The van der Waals surface area contributed by atoms with Gasteiger partial charge in [0.05, 0.1) is 16.8 Å². The van der Waals surface area contributed by atoms with E-state index in [9.17, 15) is 5.26 Å². The first kappa shape index (κ1) is 17.7. The van der Waals surface area contributed by atoms with Crippen molar-refractivity contribution in [2.45, 2.75) is 12.5 Å². The Kier molecular flexibility index (Phi) is 4.41. The molecule has 29 heavy (non-hydrogen) atoms. The molecular formula is C21H17ClN6O. The summed E-state index contributed by atoms with van der Waals surface area (Å²) in [4.78, 5) is 13.0. The quantitative estimate of drug-likeness (QED) is 0.659. The van der Waals surface area contributed by atoms with E-state index < -0.39 is 0 Å². The number of fused-ring (bicyclic) bond motifs is 1. The molecule has 0 N–H and O–H groups in total. The first-order valence-corrected chi connectivity index (χ1v) is 9.77. The maximum absolute atomic E-state index is 9.32. The van der Waals surface area contributed by atoms with Crippen molar-refractivity contribution in [1.82, 2.24) is 20.0 Å². The van der Waals surface area contributed by atoms with Gasteiger partial charge in [-0.05, 0) is 18.6 Å². The minimum Gasteiger partial charge on any atom is -0.363 e. The molecule has 0 spiro atoms. The third-order valence-electron chi connectivity index (χ3n) is 5.37. The van der Waals surface area contributed by atoms with Crippen LogP contribution >= 0.6 is 11.6 Å². The van der Waals surface area contributed by atoms with Crippen molar-refractivity contribution in [3.63, 3.8) is 0 Å². The van der Waals surface area contributed by atoms with E-state index in [0.29, 0.717) is 28.3 Å². The van der Waals surface area contributed by atoms with Gasteiger partial charge in [-0.3, -0.25) is 0 Å². The molecule has 0 radical (unpaired) electrons. The lowest BCUT2D eigenvalue weighted by atomic mass is 10.1. The molecule has 2 aliphatic heterocycles. The van der Waals surface area contributed by atoms with Gasteiger partial charge in [-0.1, -0.05) is 35.0 Å². The van der Waals surface area contributed by atoms with Crippen LogP contribution in [0, 0.1) is 11.3 Å². The summed E-state index contributed by atoms with van der Waals surface area (Å²) in [7, 11) is 0. The van der Waals surface area contributed by atoms with Gasteiger partial charge in [0.2, 0.25) is 0 Å². The molecular weight excluding hydrogens is 388 g/mol. The molecule has 2 aromatic heterocycles. The Morgan fingerprint density at radius 3 is 2.90 bits per heavy atom. The van der Waals surface area contributed by atoms with Crippen LogP contribution in [0.4, 0.5) is 5.82 Å². The second-order valence-corrected chi connectivity index (χ2v) is 7.42. The number of halogens is 1. The number of anilines is 1. The van der Waals surface area contributed by atoms with Gasteiger partial charge in [-0.2, -0.15) is 5.26 Å². The van der Waals surface area contributed by atoms with E-state index in [0.717, 1.165) is 43.0 Å². The molecule has 0 bridgehead atoms. The van der Waals surface area contributed by atoms with Crippen molar-refractivity contribution in [3.05, 3.63) is 65.2 Å². The third kappa shape index (κ3) is 3.12. The van der Waals surface area contributed by atoms with Crippen LogP contribution in [0.2, 0.25) is 5.02 Å². The number of benzene rings is 1. The molecule has 1 aromatic carbocycles. The largest absolute Gasteiger partial charge is 0.363 e. The van der Waals surface area contributed by atoms with Gasteiger partial charge in [0.25, 0.3) is 0 Å². The molecule has 1 unspecified atom stereocenters. The van der Waals surface area contributed by atoms with Crippen LogP contribution in [-0.4, -0.2) is 45.7 Å². The summed E-state index contributed by atoms with van der Waals surface area (Å²) >= 11 is 6.29. The second kappa shape index (κ2) is 7.22. The van der Waals surface area contributed by atoms with Crippen molar-refractivity contribution in [2.24, 2.45) is 0 Å². The van der Waals surface area contributed by atoms with Crippen molar-refractivity contribution < 1.29 is 4.52 Å². The van der Waals surface area contributed by atoms with E-state index >= 15 is 0 Å². The minimum atomic E-state index is 0.299. The van der Waals surface area contributed by atoms with Gasteiger partial charge in [0.15, 0.2) is 17.3 Å². The number of nitriles is 1. The third-order valence-corrected chi connectivity index (χ3v) is 5.70. The number of nitrogens with zero attached hydrogens (tertiary/aromatic N) is 6. The zero-order valence-corrected chi connectivity index (χ0v) is 16.3. The molecule has 4 heterocycles. The van der Waals surface area contributed by atoms with Crippen molar-refractivity contribution in [3.8, 4) is 17.4 Å². The highest BCUT2D eigenvalue weighted by Gasteiger charge is 2.34. The minimum absolute atomic E-state index is 0.299. The van der Waals surface area contributed by atoms with E-state index in [-0.39, 0.29) is 0 Å². The zero-order chi connectivity index (χ0) is 19.8. The Morgan fingerprint density at radius 1 is 1.17 bits per heavy atom. The fraction of sp³-hybridized carbons (Fsp3) is 0.238. The lowest BCUT2D eigenvalue weighted by molar-refractivity contribution is 0.281. The lowest BCUT2D eigenvalue weighted by Gasteiger charge is -2.40. The number of rotatable bonds is 3. The van der Waals surface area contributed by atoms with Crippen LogP contribution in [0.5, 0.6) is 0 Å². The van der Waals surface area contributed by atoms with Crippen molar-refractivity contribution >= 4 is 23.1 Å². The SMILES string of the molecule is N#Cc1nccnc1N1CCN2C(c3cc(-c4ccccc4Cl)on3)=CCC2C1. The Bertz CT molecular complexity index is 1130. The molecule has 1 fully saturated rings. The molecule has 5 rings (SSSR count). The molecule has 2 aliphatic rings. The van der Waals surface area contributed by atoms with Crippen LogP contribution in [0.15, 0.2) is 53.3 Å². The Morgan fingerprint density at radius 2 is 2.03 bits per heavy atom. The fourth-order valence-corrected chi connectivity index (χ4v) is 4.24. The van der Waals surface area contributed by atoms with E-state index in [1.165, 1.54) is 0 Å². The smallest absolute Gasteiger partial charge is 0.183 e. The summed E-state index contributed by atoms with van der Waals surface area (Å²) in [6, 6.07) is 12.0. The van der Waals surface area contributed by atoms with Crippen molar-refractivity contribution in [1.29, 1.82) is 5.26 Å². The van der Waals surface area contributed by atoms with Gasteiger partial charge in [0, 0.05) is 43.7 Å². The highest BCUT2D eigenvalue weighted by atomic mass is 35.5. The molecule has 0 aliphatic carbocycles. The predicted molar refractivity (Wildman–Crippen MR) is 109 cm³/mol. The van der Waals surface area contributed by atoms with Crippen LogP contribution in [-0.2, 0) is 0 Å². The van der Waals surface area contributed by atoms with Crippen LogP contribution in [0.25, 0.3) is 17.0 Å². The van der Waals surface area contributed by atoms with E-state index in [1.807, 2.05) is 30.3 Å². The summed E-state index contributed by atoms with van der Waals surface area (Å²) in [5.41, 5.74) is 3.09. The van der Waals surface area contributed by atoms with Crippen LogP contribution in [0.3, 0.4) is 0 Å². The summed E-state index contributed by atoms with van der Waals surface area (Å²) < 4.78 is 5.58. The van der Waals surface area contributed by atoms with Gasteiger partial charge in [-0.25, -0.2) is 9.97 Å². The fourth-order valence-electron chi connectivity index (χ4n) is 4.01. The zero-order valence-electron chi connectivity index (χ0n) is 15.5. The topological polar surface area (TPSA) is 82.1 Å². The van der Waals surface area contributed by atoms with Crippen LogP contribution in [0.1, 0.15) is 17.8 Å². The summed E-state index contributed by atoms with van der Waals surface area (Å²) in [5, 5.41) is 14.2. The number of hydrogen-bond acceptors (Lipinski definition) is 7. The monoisotopic (exact) mass is 404 g/mol. The Labute approximate surface area is 172 Å². The maximum atomic E-state index is 9.32. The highest BCUT2D eigenvalue weighted by molar-refractivity contribution is 6.33. The normalized spacial score (nSPS) is 18.3. The highest BCUT2D eigenvalue weighted by Crippen LogP contribution is 2.36. The molecule has 1 atom stereocenters. The Balaban J connectivity index is 1.35. The molecule has 7 nitrogen and oxygen atoms in total. The van der Waals surface area contributed by atoms with Crippen molar-refractivity contribution in [2.75, 3.05) is 24.5 Å². The first-order valence-electron chi connectivity index (χ1n) is 9.39. The van der Waals surface area contributed by atoms with Gasteiger partial charge >= 0.3 is 0 Å². The van der Waals surface area contributed by atoms with Gasteiger partial charge < -0.3 is 14.3 Å². The molecule has 0 saturated carbocycles.